The van der Waals surface area contributed by atoms with E-state index >= 15 is 0 Å². The number of hydrogen-bond donors (Lipinski definition) is 1. The number of nitrogens with zero attached hydrogens (tertiary/aromatic N) is 1. The van der Waals surface area contributed by atoms with Gasteiger partial charge in [0.25, 0.3) is 5.91 Å². The summed E-state index contributed by atoms with van der Waals surface area (Å²) in [7, 11) is 1.37. The zero-order valence-electron chi connectivity index (χ0n) is 14.5. The van der Waals surface area contributed by atoms with Gasteiger partial charge in [-0.15, -0.1) is 0 Å². The molecule has 0 spiro atoms. The first kappa shape index (κ1) is 20.1. The molecule has 2 rings (SSSR count). The van der Waals surface area contributed by atoms with E-state index in [0.29, 0.717) is 13.0 Å². The van der Waals surface area contributed by atoms with Crippen molar-refractivity contribution >= 4 is 11.9 Å². The number of aromatic nitrogens is 1. The van der Waals surface area contributed by atoms with E-state index in [1.165, 1.54) is 31.5 Å². The maximum Gasteiger partial charge on any atom is 0.387 e. The molecule has 0 aliphatic heterocycles. The predicted molar refractivity (Wildman–Crippen MR) is 90.9 cm³/mol. The van der Waals surface area contributed by atoms with Crippen LogP contribution in [0.5, 0.6) is 11.6 Å². The van der Waals surface area contributed by atoms with Gasteiger partial charge in [0.2, 0.25) is 5.88 Å². The van der Waals surface area contributed by atoms with Gasteiger partial charge >= 0.3 is 12.6 Å². The molecule has 0 unspecified atom stereocenters. The van der Waals surface area contributed by atoms with Gasteiger partial charge in [-0.2, -0.15) is 8.78 Å². The highest BCUT2D eigenvalue weighted by Crippen LogP contribution is 2.15. The van der Waals surface area contributed by atoms with Gasteiger partial charge < -0.3 is 19.5 Å². The number of nitrogens with one attached hydrogen (secondary N) is 1. The quantitative estimate of drug-likeness (QED) is 0.672. The second-order valence-electron chi connectivity index (χ2n) is 5.26. The average molecular weight is 380 g/mol. The van der Waals surface area contributed by atoms with Crippen molar-refractivity contribution in [1.29, 1.82) is 0 Å². The highest BCUT2D eigenvalue weighted by molar-refractivity contribution is 5.93. The predicted octanol–water partition coefficient (Wildman–Crippen LogP) is 2.21. The second kappa shape index (κ2) is 10.0. The first-order valence-corrected chi connectivity index (χ1v) is 7.96. The Labute approximate surface area is 154 Å². The summed E-state index contributed by atoms with van der Waals surface area (Å²) in [5, 5.41) is 2.60. The van der Waals surface area contributed by atoms with Crippen LogP contribution < -0.4 is 14.8 Å². The van der Waals surface area contributed by atoms with Crippen LogP contribution in [0, 0.1) is 0 Å². The summed E-state index contributed by atoms with van der Waals surface area (Å²) in [6.07, 6.45) is 1.94. The van der Waals surface area contributed by atoms with Crippen molar-refractivity contribution in [2.24, 2.45) is 0 Å². The van der Waals surface area contributed by atoms with Crippen LogP contribution in [0.4, 0.5) is 8.78 Å². The van der Waals surface area contributed by atoms with Crippen molar-refractivity contribution in [3.8, 4) is 11.6 Å². The molecule has 1 aromatic carbocycles. The number of hydrogen-bond acceptors (Lipinski definition) is 6. The van der Waals surface area contributed by atoms with Gasteiger partial charge in [-0.1, -0.05) is 12.1 Å². The maximum atomic E-state index is 12.1. The van der Waals surface area contributed by atoms with Gasteiger partial charge in [0.15, 0.2) is 6.61 Å². The van der Waals surface area contributed by atoms with Crippen LogP contribution in [0.15, 0.2) is 42.6 Å². The van der Waals surface area contributed by atoms with Gasteiger partial charge in [-0.3, -0.25) is 4.79 Å². The van der Waals surface area contributed by atoms with E-state index in [2.05, 4.69) is 15.0 Å². The molecule has 0 aliphatic carbocycles. The highest BCUT2D eigenvalue weighted by Gasteiger charge is 2.15. The number of ether oxygens (including phenoxy) is 3. The fourth-order valence-electron chi connectivity index (χ4n) is 2.15. The van der Waals surface area contributed by atoms with Crippen LogP contribution in [0.25, 0.3) is 0 Å². The molecule has 0 radical (unpaired) electrons. The number of pyridine rings is 1. The Bertz CT molecular complexity index is 769. The SMILES string of the molecule is COc1ncccc1C(=O)OCC(=O)NCCc1ccc(OC(F)F)cc1. The summed E-state index contributed by atoms with van der Waals surface area (Å²) in [6.45, 7) is -3.02. The zero-order chi connectivity index (χ0) is 19.6. The lowest BCUT2D eigenvalue weighted by Gasteiger charge is -2.09. The summed E-state index contributed by atoms with van der Waals surface area (Å²) in [4.78, 5) is 27.6. The molecule has 7 nitrogen and oxygen atoms in total. The molecule has 27 heavy (non-hydrogen) atoms. The number of rotatable bonds is 9. The molecule has 9 heteroatoms. The van der Waals surface area contributed by atoms with E-state index in [9.17, 15) is 18.4 Å². The molecular weight excluding hydrogens is 362 g/mol. The van der Waals surface area contributed by atoms with Gasteiger partial charge in [-0.25, -0.2) is 9.78 Å². The van der Waals surface area contributed by atoms with Crippen LogP contribution in [0.2, 0.25) is 0 Å². The van der Waals surface area contributed by atoms with Gasteiger partial charge in [0.1, 0.15) is 11.3 Å². The standard InChI is InChI=1S/C18H18F2N2O5/c1-25-16-14(3-2-9-22-16)17(24)26-11-15(23)21-10-8-12-4-6-13(7-5-12)27-18(19)20/h2-7,9,18H,8,10-11H2,1H3,(H,21,23). The Balaban J connectivity index is 1.72. The molecule has 1 aromatic heterocycles. The summed E-state index contributed by atoms with van der Waals surface area (Å²) in [6, 6.07) is 9.13. The Morgan fingerprint density at radius 2 is 1.93 bits per heavy atom. The van der Waals surface area contributed by atoms with Gasteiger partial charge in [0.05, 0.1) is 7.11 Å². The Kier molecular flexibility index (Phi) is 7.48. The van der Waals surface area contributed by atoms with Gasteiger partial charge in [-0.05, 0) is 36.2 Å². The Morgan fingerprint density at radius 1 is 1.19 bits per heavy atom. The lowest BCUT2D eigenvalue weighted by atomic mass is 10.1. The number of amides is 1. The number of esters is 1. The monoisotopic (exact) mass is 380 g/mol. The first-order valence-electron chi connectivity index (χ1n) is 7.96. The molecule has 0 saturated heterocycles. The van der Waals surface area contributed by atoms with Crippen LogP contribution in [-0.2, 0) is 16.0 Å². The summed E-state index contributed by atoms with van der Waals surface area (Å²) in [5.41, 5.74) is 0.952. The van der Waals surface area contributed by atoms with E-state index in [1.807, 2.05) is 0 Å². The third kappa shape index (κ3) is 6.53. The third-order valence-corrected chi connectivity index (χ3v) is 3.40. The Morgan fingerprint density at radius 3 is 2.59 bits per heavy atom. The first-order chi connectivity index (χ1) is 13.0. The lowest BCUT2D eigenvalue weighted by molar-refractivity contribution is -0.124. The van der Waals surface area contributed by atoms with E-state index in [-0.39, 0.29) is 17.2 Å². The number of alkyl halides is 2. The largest absolute Gasteiger partial charge is 0.480 e. The molecule has 144 valence electrons. The molecule has 0 bridgehead atoms. The normalized spacial score (nSPS) is 10.4. The van der Waals surface area contributed by atoms with Crippen molar-refractivity contribution in [3.63, 3.8) is 0 Å². The van der Waals surface area contributed by atoms with Gasteiger partial charge in [0, 0.05) is 12.7 Å². The maximum absolute atomic E-state index is 12.1. The van der Waals surface area contributed by atoms with E-state index in [4.69, 9.17) is 9.47 Å². The van der Waals surface area contributed by atoms with Crippen LogP contribution >= 0.6 is 0 Å². The molecule has 1 amide bonds. The van der Waals surface area contributed by atoms with Crippen molar-refractivity contribution in [2.45, 2.75) is 13.0 Å². The van der Waals surface area contributed by atoms with Crippen molar-refractivity contribution < 1.29 is 32.6 Å². The van der Waals surface area contributed by atoms with Crippen LogP contribution in [0.1, 0.15) is 15.9 Å². The molecule has 1 N–H and O–H groups in total. The number of benzene rings is 1. The van der Waals surface area contributed by atoms with Crippen molar-refractivity contribution in [2.75, 3.05) is 20.3 Å². The molecule has 0 fully saturated rings. The highest BCUT2D eigenvalue weighted by atomic mass is 19.3. The Hall–Kier alpha value is -3.23. The summed E-state index contributed by atoms with van der Waals surface area (Å²) < 4.78 is 38.3. The zero-order valence-corrected chi connectivity index (χ0v) is 14.5. The van der Waals surface area contributed by atoms with E-state index in [1.54, 1.807) is 18.2 Å². The minimum atomic E-state index is -2.87. The minimum Gasteiger partial charge on any atom is -0.480 e. The molecule has 0 atom stereocenters. The van der Waals surface area contributed by atoms with Crippen molar-refractivity contribution in [1.82, 2.24) is 10.3 Å². The number of carbonyl (C=O) groups is 2. The molecule has 2 aromatic rings. The fraction of sp³-hybridized carbons (Fsp3) is 0.278. The molecule has 0 saturated carbocycles. The second-order valence-corrected chi connectivity index (χ2v) is 5.26. The number of carbonyl (C=O) groups excluding carboxylic acids is 2. The summed E-state index contributed by atoms with van der Waals surface area (Å²) >= 11 is 0. The smallest absolute Gasteiger partial charge is 0.387 e. The molecular formula is C18H18F2N2O5. The minimum absolute atomic E-state index is 0.0653. The average Bonchev–Trinajstić information content (AvgIpc) is 2.67. The number of methoxy groups -OCH3 is 1. The van der Waals surface area contributed by atoms with Crippen LogP contribution in [-0.4, -0.2) is 43.7 Å². The third-order valence-electron chi connectivity index (χ3n) is 3.40. The van der Waals surface area contributed by atoms with E-state index < -0.39 is 25.1 Å². The molecule has 1 heterocycles. The van der Waals surface area contributed by atoms with E-state index in [0.717, 1.165) is 5.56 Å². The number of halogens is 2. The molecule has 0 aliphatic rings. The van der Waals surface area contributed by atoms with Crippen molar-refractivity contribution in [3.05, 3.63) is 53.7 Å². The van der Waals surface area contributed by atoms with Crippen LogP contribution in [0.3, 0.4) is 0 Å². The topological polar surface area (TPSA) is 86.8 Å². The lowest BCUT2D eigenvalue weighted by Crippen LogP contribution is -2.30. The fourth-order valence-corrected chi connectivity index (χ4v) is 2.15. The summed E-state index contributed by atoms with van der Waals surface area (Å²) in [5.74, 6) is -1.01.